The van der Waals surface area contributed by atoms with Crippen molar-refractivity contribution in [2.24, 2.45) is 0 Å². The predicted molar refractivity (Wildman–Crippen MR) is 104 cm³/mol. The second kappa shape index (κ2) is 9.03. The first-order valence-corrected chi connectivity index (χ1v) is 9.04. The minimum atomic E-state index is -0.144. The molecule has 0 atom stereocenters. The number of likely N-dealkylation sites (N-methyl/N-ethyl adjacent to an activating group) is 1. The molecule has 0 bridgehead atoms. The molecule has 28 heavy (non-hydrogen) atoms. The molecule has 0 saturated carbocycles. The summed E-state index contributed by atoms with van der Waals surface area (Å²) in [6.45, 7) is 4.53. The van der Waals surface area contributed by atoms with Crippen LogP contribution < -0.4 is 9.47 Å². The molecule has 1 amide bonds. The number of amides is 1. The van der Waals surface area contributed by atoms with E-state index in [9.17, 15) is 4.79 Å². The Labute approximate surface area is 163 Å². The second-order valence-corrected chi connectivity index (χ2v) is 6.20. The smallest absolute Gasteiger partial charge is 0.260 e. The van der Waals surface area contributed by atoms with Crippen LogP contribution in [0, 0.1) is 6.92 Å². The maximum absolute atomic E-state index is 12.5. The molecule has 3 aromatic rings. The molecule has 1 aromatic heterocycles. The first kappa shape index (κ1) is 19.4. The number of para-hydroxylation sites is 1. The van der Waals surface area contributed by atoms with Crippen molar-refractivity contribution in [2.45, 2.75) is 20.4 Å². The van der Waals surface area contributed by atoms with Crippen LogP contribution in [0.3, 0.4) is 0 Å². The number of rotatable bonds is 8. The van der Waals surface area contributed by atoms with E-state index in [1.807, 2.05) is 62.4 Å². The van der Waals surface area contributed by atoms with Crippen LogP contribution in [0.4, 0.5) is 0 Å². The van der Waals surface area contributed by atoms with Crippen LogP contribution in [0.15, 0.2) is 53.1 Å². The van der Waals surface area contributed by atoms with E-state index in [0.717, 1.165) is 16.9 Å². The van der Waals surface area contributed by atoms with E-state index in [-0.39, 0.29) is 19.1 Å². The van der Waals surface area contributed by atoms with E-state index in [0.29, 0.717) is 24.0 Å². The average molecular weight is 381 g/mol. The van der Waals surface area contributed by atoms with Gasteiger partial charge < -0.3 is 18.9 Å². The lowest BCUT2D eigenvalue weighted by Gasteiger charge is -2.19. The highest BCUT2D eigenvalue weighted by Crippen LogP contribution is 2.20. The SMILES string of the molecule is CCN(Cc1nc(-c2ccc(OC)cc2)no1)C(=O)COc1ccccc1C. The fraction of sp³-hybridized carbons (Fsp3) is 0.286. The standard InChI is InChI=1S/C21H23N3O4/c1-4-24(20(25)14-27-18-8-6-5-7-15(18)2)13-19-22-21(23-28-19)16-9-11-17(26-3)12-10-16/h5-12H,4,13-14H2,1-3H3. The van der Waals surface area contributed by atoms with Crippen molar-refractivity contribution in [3.63, 3.8) is 0 Å². The quantitative estimate of drug-likeness (QED) is 0.594. The number of carbonyl (C=O) groups is 1. The van der Waals surface area contributed by atoms with Crippen molar-refractivity contribution in [1.29, 1.82) is 0 Å². The number of carbonyl (C=O) groups excluding carboxylic acids is 1. The highest BCUT2D eigenvalue weighted by Gasteiger charge is 2.17. The van der Waals surface area contributed by atoms with Crippen molar-refractivity contribution < 1.29 is 18.8 Å². The number of aromatic nitrogens is 2. The molecule has 7 nitrogen and oxygen atoms in total. The molecule has 2 aromatic carbocycles. The lowest BCUT2D eigenvalue weighted by molar-refractivity contribution is -0.134. The lowest BCUT2D eigenvalue weighted by Crippen LogP contribution is -2.34. The van der Waals surface area contributed by atoms with Gasteiger partial charge >= 0.3 is 0 Å². The highest BCUT2D eigenvalue weighted by atomic mass is 16.5. The van der Waals surface area contributed by atoms with Crippen LogP contribution in [-0.4, -0.2) is 41.2 Å². The first-order valence-electron chi connectivity index (χ1n) is 9.04. The summed E-state index contributed by atoms with van der Waals surface area (Å²) < 4.78 is 16.1. The summed E-state index contributed by atoms with van der Waals surface area (Å²) in [5, 5.41) is 4.00. The Hall–Kier alpha value is -3.35. The Morgan fingerprint density at radius 2 is 1.89 bits per heavy atom. The topological polar surface area (TPSA) is 77.7 Å². The summed E-state index contributed by atoms with van der Waals surface area (Å²) in [6.07, 6.45) is 0. The largest absolute Gasteiger partial charge is 0.497 e. The van der Waals surface area contributed by atoms with Crippen molar-refractivity contribution in [2.75, 3.05) is 20.3 Å². The molecule has 0 saturated heterocycles. The number of hydrogen-bond acceptors (Lipinski definition) is 6. The number of methoxy groups -OCH3 is 1. The average Bonchev–Trinajstić information content (AvgIpc) is 3.20. The molecular weight excluding hydrogens is 358 g/mol. The molecule has 146 valence electrons. The molecule has 0 fully saturated rings. The monoisotopic (exact) mass is 381 g/mol. The Bertz CT molecular complexity index is 921. The molecule has 0 unspecified atom stereocenters. The van der Waals surface area contributed by atoms with E-state index < -0.39 is 0 Å². The number of nitrogens with zero attached hydrogens (tertiary/aromatic N) is 3. The third-order valence-corrected chi connectivity index (χ3v) is 4.32. The minimum Gasteiger partial charge on any atom is -0.497 e. The van der Waals surface area contributed by atoms with Gasteiger partial charge in [-0.1, -0.05) is 23.4 Å². The normalized spacial score (nSPS) is 10.5. The maximum atomic E-state index is 12.5. The summed E-state index contributed by atoms with van der Waals surface area (Å²) in [6, 6.07) is 15.0. The van der Waals surface area contributed by atoms with Gasteiger partial charge in [-0.3, -0.25) is 4.79 Å². The molecule has 0 aliphatic rings. The summed E-state index contributed by atoms with van der Waals surface area (Å²) in [7, 11) is 1.61. The molecule has 0 spiro atoms. The highest BCUT2D eigenvalue weighted by molar-refractivity contribution is 5.77. The number of ether oxygens (including phenoxy) is 2. The van der Waals surface area contributed by atoms with Crippen molar-refractivity contribution in [3.8, 4) is 22.9 Å². The second-order valence-electron chi connectivity index (χ2n) is 6.20. The Morgan fingerprint density at radius 3 is 2.57 bits per heavy atom. The predicted octanol–water partition coefficient (Wildman–Crippen LogP) is 3.48. The van der Waals surface area contributed by atoms with Crippen LogP contribution in [0.2, 0.25) is 0 Å². The Morgan fingerprint density at radius 1 is 1.14 bits per heavy atom. The van der Waals surface area contributed by atoms with Crippen molar-refractivity contribution in [1.82, 2.24) is 15.0 Å². The molecule has 7 heteroatoms. The fourth-order valence-electron chi connectivity index (χ4n) is 2.67. The summed E-state index contributed by atoms with van der Waals surface area (Å²) in [5.74, 6) is 2.15. The lowest BCUT2D eigenvalue weighted by atomic mass is 10.2. The van der Waals surface area contributed by atoms with Crippen LogP contribution in [0.1, 0.15) is 18.4 Å². The van der Waals surface area contributed by atoms with Crippen LogP contribution in [0.5, 0.6) is 11.5 Å². The van der Waals surface area contributed by atoms with Gasteiger partial charge in [-0.15, -0.1) is 0 Å². The van der Waals surface area contributed by atoms with Gasteiger partial charge in [0, 0.05) is 12.1 Å². The van der Waals surface area contributed by atoms with Crippen molar-refractivity contribution >= 4 is 5.91 Å². The zero-order valence-electron chi connectivity index (χ0n) is 16.2. The Kier molecular flexibility index (Phi) is 6.26. The van der Waals surface area contributed by atoms with Gasteiger partial charge in [-0.2, -0.15) is 4.98 Å². The number of aryl methyl sites for hydroxylation is 1. The zero-order valence-corrected chi connectivity index (χ0v) is 16.2. The van der Waals surface area contributed by atoms with Crippen LogP contribution in [-0.2, 0) is 11.3 Å². The summed E-state index contributed by atoms with van der Waals surface area (Å²) in [5.41, 5.74) is 1.80. The zero-order chi connectivity index (χ0) is 19.9. The van der Waals surface area contributed by atoms with E-state index >= 15 is 0 Å². The number of hydrogen-bond donors (Lipinski definition) is 0. The van der Waals surface area contributed by atoms with Gasteiger partial charge in [0.05, 0.1) is 7.11 Å². The molecule has 0 radical (unpaired) electrons. The number of benzene rings is 2. The Balaban J connectivity index is 1.61. The van der Waals surface area contributed by atoms with Gasteiger partial charge in [-0.25, -0.2) is 0 Å². The molecule has 3 rings (SSSR count). The molecular formula is C21H23N3O4. The van der Waals surface area contributed by atoms with E-state index in [1.165, 1.54) is 0 Å². The van der Waals surface area contributed by atoms with Gasteiger partial charge in [0.15, 0.2) is 6.61 Å². The molecule has 0 aliphatic carbocycles. The van der Waals surface area contributed by atoms with E-state index in [2.05, 4.69) is 10.1 Å². The molecule has 1 heterocycles. The van der Waals surface area contributed by atoms with E-state index in [4.69, 9.17) is 14.0 Å². The van der Waals surface area contributed by atoms with Gasteiger partial charge in [0.2, 0.25) is 11.7 Å². The summed E-state index contributed by atoms with van der Waals surface area (Å²) in [4.78, 5) is 18.5. The van der Waals surface area contributed by atoms with Gasteiger partial charge in [0.25, 0.3) is 5.91 Å². The maximum Gasteiger partial charge on any atom is 0.260 e. The van der Waals surface area contributed by atoms with Gasteiger partial charge in [-0.05, 0) is 49.7 Å². The minimum absolute atomic E-state index is 0.0435. The molecule has 0 N–H and O–H groups in total. The van der Waals surface area contributed by atoms with Crippen molar-refractivity contribution in [3.05, 3.63) is 60.0 Å². The molecule has 0 aliphatic heterocycles. The van der Waals surface area contributed by atoms with E-state index in [1.54, 1.807) is 12.0 Å². The third-order valence-electron chi connectivity index (χ3n) is 4.32. The first-order chi connectivity index (χ1) is 13.6. The fourth-order valence-corrected chi connectivity index (χ4v) is 2.67. The third kappa shape index (κ3) is 4.68. The summed E-state index contributed by atoms with van der Waals surface area (Å²) >= 11 is 0. The van der Waals surface area contributed by atoms with Crippen LogP contribution in [0.25, 0.3) is 11.4 Å². The van der Waals surface area contributed by atoms with Gasteiger partial charge in [0.1, 0.15) is 18.0 Å². The van der Waals surface area contributed by atoms with Crippen LogP contribution >= 0.6 is 0 Å².